The molecule has 1 saturated heterocycles. The van der Waals surface area contributed by atoms with E-state index in [1.165, 1.54) is 4.90 Å². The summed E-state index contributed by atoms with van der Waals surface area (Å²) in [6.45, 7) is 0.181. The summed E-state index contributed by atoms with van der Waals surface area (Å²) in [6.07, 6.45) is -0.172. The molecular formula is C25H26N2O6. The number of hydrogen-bond donors (Lipinski definition) is 3. The van der Waals surface area contributed by atoms with E-state index in [0.29, 0.717) is 12.8 Å². The highest BCUT2D eigenvalue weighted by Gasteiger charge is 2.49. The SMILES string of the molecule is O=C(NC1(CC(=O)N2C[C@H](O)C[C@@H]2C(=O)O)CC1)OCC1c2ccccc2-c2ccccc21. The van der Waals surface area contributed by atoms with Crippen molar-refractivity contribution in [1.29, 1.82) is 0 Å². The lowest BCUT2D eigenvalue weighted by molar-refractivity contribution is -0.148. The van der Waals surface area contributed by atoms with Crippen LogP contribution in [0.25, 0.3) is 11.1 Å². The summed E-state index contributed by atoms with van der Waals surface area (Å²) >= 11 is 0. The van der Waals surface area contributed by atoms with E-state index in [2.05, 4.69) is 17.4 Å². The first kappa shape index (κ1) is 21.5. The Morgan fingerprint density at radius 2 is 1.64 bits per heavy atom. The topological polar surface area (TPSA) is 116 Å². The Morgan fingerprint density at radius 1 is 1.03 bits per heavy atom. The monoisotopic (exact) mass is 450 g/mol. The van der Waals surface area contributed by atoms with E-state index in [1.807, 2.05) is 36.4 Å². The van der Waals surface area contributed by atoms with Gasteiger partial charge in [0.25, 0.3) is 0 Å². The number of alkyl carbamates (subject to hydrolysis) is 1. The molecule has 8 nitrogen and oxygen atoms in total. The van der Waals surface area contributed by atoms with Crippen molar-refractivity contribution in [1.82, 2.24) is 10.2 Å². The van der Waals surface area contributed by atoms with Crippen LogP contribution in [0.1, 0.15) is 42.7 Å². The summed E-state index contributed by atoms with van der Waals surface area (Å²) in [5, 5.41) is 22.0. The van der Waals surface area contributed by atoms with E-state index < -0.39 is 29.7 Å². The molecule has 3 aliphatic rings. The van der Waals surface area contributed by atoms with Crippen LogP contribution < -0.4 is 5.32 Å². The lowest BCUT2D eigenvalue weighted by Gasteiger charge is -2.25. The standard InChI is InChI=1S/C25H26N2O6/c28-15-11-21(23(30)31)27(13-15)22(29)12-25(9-10-25)26-24(32)33-14-20-18-7-3-1-5-16(18)17-6-2-4-8-19(17)20/h1-8,15,20-21,28H,9-14H2,(H,26,32)(H,30,31)/t15-,21-/m1/s1. The van der Waals surface area contributed by atoms with E-state index in [-0.39, 0.29) is 37.8 Å². The molecule has 2 aliphatic carbocycles. The Labute approximate surface area is 191 Å². The van der Waals surface area contributed by atoms with Crippen LogP contribution >= 0.6 is 0 Å². The number of carbonyl (C=O) groups excluding carboxylic acids is 2. The fourth-order valence-electron chi connectivity index (χ4n) is 5.06. The second-order valence-corrected chi connectivity index (χ2v) is 9.20. The largest absolute Gasteiger partial charge is 0.480 e. The maximum absolute atomic E-state index is 12.7. The highest BCUT2D eigenvalue weighted by molar-refractivity contribution is 5.86. The second kappa shape index (κ2) is 8.19. The van der Waals surface area contributed by atoms with E-state index in [1.54, 1.807) is 0 Å². The molecule has 2 amide bonds. The number of fused-ring (bicyclic) bond motifs is 3. The quantitative estimate of drug-likeness (QED) is 0.623. The van der Waals surface area contributed by atoms with Gasteiger partial charge in [0.1, 0.15) is 12.6 Å². The molecule has 172 valence electrons. The first-order valence-electron chi connectivity index (χ1n) is 11.2. The zero-order valence-electron chi connectivity index (χ0n) is 18.1. The molecule has 2 aromatic carbocycles. The van der Waals surface area contributed by atoms with Gasteiger partial charge in [-0.05, 0) is 35.1 Å². The maximum atomic E-state index is 12.7. The van der Waals surface area contributed by atoms with Crippen molar-refractivity contribution in [3.8, 4) is 11.1 Å². The van der Waals surface area contributed by atoms with Gasteiger partial charge in [-0.25, -0.2) is 9.59 Å². The molecule has 3 N–H and O–H groups in total. The Bertz CT molecular complexity index is 1070. The van der Waals surface area contributed by atoms with Crippen molar-refractivity contribution in [2.75, 3.05) is 13.2 Å². The lowest BCUT2D eigenvalue weighted by atomic mass is 9.98. The van der Waals surface area contributed by atoms with Gasteiger partial charge in [-0.2, -0.15) is 0 Å². The third kappa shape index (κ3) is 4.06. The van der Waals surface area contributed by atoms with Crippen molar-refractivity contribution in [2.24, 2.45) is 0 Å². The van der Waals surface area contributed by atoms with Gasteiger partial charge in [-0.15, -0.1) is 0 Å². The minimum atomic E-state index is -1.13. The molecule has 0 bridgehead atoms. The normalized spacial score (nSPS) is 22.4. The van der Waals surface area contributed by atoms with Crippen molar-refractivity contribution < 1.29 is 29.3 Å². The van der Waals surface area contributed by atoms with Crippen LogP contribution in [0.15, 0.2) is 48.5 Å². The molecule has 1 saturated carbocycles. The maximum Gasteiger partial charge on any atom is 0.407 e. The van der Waals surface area contributed by atoms with E-state index in [0.717, 1.165) is 22.3 Å². The van der Waals surface area contributed by atoms with E-state index >= 15 is 0 Å². The fourth-order valence-corrected chi connectivity index (χ4v) is 5.06. The van der Waals surface area contributed by atoms with Crippen LogP contribution in [0.5, 0.6) is 0 Å². The van der Waals surface area contributed by atoms with Crippen LogP contribution in [0.4, 0.5) is 4.79 Å². The molecule has 0 aromatic heterocycles. The van der Waals surface area contributed by atoms with Crippen LogP contribution in [0.2, 0.25) is 0 Å². The highest BCUT2D eigenvalue weighted by atomic mass is 16.5. The second-order valence-electron chi connectivity index (χ2n) is 9.20. The van der Waals surface area contributed by atoms with E-state index in [4.69, 9.17) is 4.74 Å². The van der Waals surface area contributed by atoms with Crippen molar-refractivity contribution >= 4 is 18.0 Å². The number of aliphatic carboxylic acids is 1. The Hall–Kier alpha value is -3.39. The number of ether oxygens (including phenoxy) is 1. The number of hydrogen-bond acceptors (Lipinski definition) is 5. The van der Waals surface area contributed by atoms with Gasteiger partial charge in [-0.1, -0.05) is 48.5 Å². The molecule has 8 heteroatoms. The number of β-amino-alcohol motifs (C(OH)–C–C–N with tert-alkyl or cyclic N) is 1. The van der Waals surface area contributed by atoms with Crippen molar-refractivity contribution in [3.63, 3.8) is 0 Å². The Kier molecular flexibility index (Phi) is 5.32. The summed E-state index contributed by atoms with van der Waals surface area (Å²) in [4.78, 5) is 38.0. The molecule has 2 fully saturated rings. The minimum absolute atomic E-state index is 0.00315. The molecule has 5 rings (SSSR count). The third-order valence-corrected chi connectivity index (χ3v) is 6.94. The average Bonchev–Trinajstić information content (AvgIpc) is 3.28. The van der Waals surface area contributed by atoms with Crippen LogP contribution in [0, 0.1) is 0 Å². The minimum Gasteiger partial charge on any atom is -0.480 e. The summed E-state index contributed by atoms with van der Waals surface area (Å²) in [7, 11) is 0. The number of nitrogens with one attached hydrogen (secondary N) is 1. The number of carboxylic acid groups (broad SMARTS) is 1. The number of amides is 2. The molecule has 0 spiro atoms. The first-order chi connectivity index (χ1) is 15.9. The van der Waals surface area contributed by atoms with Gasteiger partial charge in [0.2, 0.25) is 5.91 Å². The van der Waals surface area contributed by atoms with E-state index in [9.17, 15) is 24.6 Å². The van der Waals surface area contributed by atoms with Crippen LogP contribution in [-0.4, -0.2) is 63.9 Å². The number of carbonyl (C=O) groups is 3. The van der Waals surface area contributed by atoms with Crippen LogP contribution in [-0.2, 0) is 14.3 Å². The Morgan fingerprint density at radius 3 is 2.21 bits per heavy atom. The number of aliphatic hydroxyl groups excluding tert-OH is 1. The summed E-state index contributed by atoms with van der Waals surface area (Å²) in [5.41, 5.74) is 3.82. The fraction of sp³-hybridized carbons (Fsp3) is 0.400. The van der Waals surface area contributed by atoms with Gasteiger partial charge >= 0.3 is 12.1 Å². The van der Waals surface area contributed by atoms with Gasteiger partial charge < -0.3 is 25.2 Å². The molecule has 2 atom stereocenters. The lowest BCUT2D eigenvalue weighted by Crippen LogP contribution is -2.46. The number of benzene rings is 2. The molecule has 0 unspecified atom stereocenters. The van der Waals surface area contributed by atoms with Crippen molar-refractivity contribution in [2.45, 2.75) is 49.3 Å². The van der Waals surface area contributed by atoms with Gasteiger partial charge in [-0.3, -0.25) is 4.79 Å². The summed E-state index contributed by atoms with van der Waals surface area (Å²) in [5.74, 6) is -1.56. The predicted molar refractivity (Wildman–Crippen MR) is 119 cm³/mol. The van der Waals surface area contributed by atoms with Gasteiger partial charge in [0.15, 0.2) is 0 Å². The molecule has 33 heavy (non-hydrogen) atoms. The highest BCUT2D eigenvalue weighted by Crippen LogP contribution is 2.45. The molecule has 2 aromatic rings. The average molecular weight is 450 g/mol. The number of nitrogens with zero attached hydrogens (tertiary/aromatic N) is 1. The third-order valence-electron chi connectivity index (χ3n) is 6.94. The number of aliphatic hydroxyl groups is 1. The number of likely N-dealkylation sites (tertiary alicyclic amines) is 1. The van der Waals surface area contributed by atoms with Crippen LogP contribution in [0.3, 0.4) is 0 Å². The molecule has 1 heterocycles. The molecule has 1 aliphatic heterocycles. The zero-order valence-corrected chi connectivity index (χ0v) is 18.1. The van der Waals surface area contributed by atoms with Gasteiger partial charge in [0.05, 0.1) is 18.1 Å². The van der Waals surface area contributed by atoms with Gasteiger partial charge in [0, 0.05) is 18.9 Å². The number of rotatable bonds is 6. The summed E-state index contributed by atoms with van der Waals surface area (Å²) < 4.78 is 5.59. The molecule has 0 radical (unpaired) electrons. The number of carboxylic acids is 1. The molecular weight excluding hydrogens is 424 g/mol. The smallest absolute Gasteiger partial charge is 0.407 e. The summed E-state index contributed by atoms with van der Waals surface area (Å²) in [6, 6.07) is 15.1. The predicted octanol–water partition coefficient (Wildman–Crippen LogP) is 2.49. The zero-order chi connectivity index (χ0) is 23.2. The first-order valence-corrected chi connectivity index (χ1v) is 11.2. The Balaban J connectivity index is 1.21. The van der Waals surface area contributed by atoms with Crippen molar-refractivity contribution in [3.05, 3.63) is 59.7 Å².